The third-order valence-corrected chi connectivity index (χ3v) is 4.36. The highest BCUT2D eigenvalue weighted by molar-refractivity contribution is 6.03. The van der Waals surface area contributed by atoms with E-state index in [1.54, 1.807) is 30.3 Å². The molecule has 2 aromatic carbocycles. The van der Waals surface area contributed by atoms with E-state index in [0.717, 1.165) is 17.7 Å². The molecule has 0 saturated heterocycles. The molecule has 1 heterocycles. The minimum Gasteiger partial charge on any atom is -0.340 e. The summed E-state index contributed by atoms with van der Waals surface area (Å²) in [5, 5.41) is 8.78. The number of hydrogen-bond acceptors (Lipinski definition) is 5. The summed E-state index contributed by atoms with van der Waals surface area (Å²) in [5.41, 5.74) is 4.79. The fraction of sp³-hybridized carbons (Fsp3) is 0.182. The Bertz CT molecular complexity index is 1030. The predicted octanol–water partition coefficient (Wildman–Crippen LogP) is 4.30. The zero-order chi connectivity index (χ0) is 20.8. The van der Waals surface area contributed by atoms with Crippen molar-refractivity contribution in [1.29, 1.82) is 0 Å². The van der Waals surface area contributed by atoms with Crippen molar-refractivity contribution in [1.82, 2.24) is 9.97 Å². The number of aryl methyl sites for hydroxylation is 2. The molecule has 148 valence electrons. The van der Waals surface area contributed by atoms with Crippen LogP contribution >= 0.6 is 0 Å². The predicted molar refractivity (Wildman–Crippen MR) is 115 cm³/mol. The van der Waals surface area contributed by atoms with Crippen molar-refractivity contribution in [2.45, 2.75) is 27.2 Å². The molecule has 0 spiro atoms. The lowest BCUT2D eigenvalue weighted by Gasteiger charge is -2.13. The van der Waals surface area contributed by atoms with Crippen molar-refractivity contribution in [2.75, 3.05) is 16.0 Å². The topological polar surface area (TPSA) is 96.0 Å². The van der Waals surface area contributed by atoms with E-state index in [-0.39, 0.29) is 17.5 Å². The van der Waals surface area contributed by atoms with Crippen LogP contribution in [0.5, 0.6) is 0 Å². The molecule has 0 atom stereocenters. The number of benzene rings is 2. The summed E-state index contributed by atoms with van der Waals surface area (Å²) in [6.07, 6.45) is 2.25. The molecule has 29 heavy (non-hydrogen) atoms. The minimum absolute atomic E-state index is 0.150. The fourth-order valence-corrected chi connectivity index (χ4v) is 2.92. The monoisotopic (exact) mass is 389 g/mol. The van der Waals surface area contributed by atoms with Crippen LogP contribution < -0.4 is 16.0 Å². The van der Waals surface area contributed by atoms with Gasteiger partial charge in [0.2, 0.25) is 5.91 Å². The Morgan fingerprint density at radius 1 is 0.966 bits per heavy atom. The number of carbonyl (C=O) groups excluding carboxylic acids is 2. The van der Waals surface area contributed by atoms with Crippen molar-refractivity contribution in [2.24, 2.45) is 0 Å². The van der Waals surface area contributed by atoms with Gasteiger partial charge in [-0.25, -0.2) is 9.97 Å². The molecule has 0 radical (unpaired) electrons. The van der Waals surface area contributed by atoms with Gasteiger partial charge in [-0.15, -0.1) is 0 Å². The Kier molecular flexibility index (Phi) is 6.19. The largest absolute Gasteiger partial charge is 0.340 e. The summed E-state index contributed by atoms with van der Waals surface area (Å²) in [4.78, 5) is 32.0. The molecule has 3 N–H and O–H groups in total. The first-order valence-corrected chi connectivity index (χ1v) is 9.33. The van der Waals surface area contributed by atoms with E-state index in [2.05, 4.69) is 38.9 Å². The minimum atomic E-state index is -0.344. The van der Waals surface area contributed by atoms with E-state index >= 15 is 0 Å². The number of anilines is 4. The number of rotatable bonds is 6. The maximum absolute atomic E-state index is 12.6. The molecule has 3 aromatic rings. The molecule has 7 nitrogen and oxygen atoms in total. The van der Waals surface area contributed by atoms with Crippen molar-refractivity contribution < 1.29 is 9.59 Å². The maximum Gasteiger partial charge on any atom is 0.274 e. The first kappa shape index (κ1) is 20.0. The number of nitrogens with one attached hydrogen (secondary N) is 3. The summed E-state index contributed by atoms with van der Waals surface area (Å²) in [5.74, 6) is 0.0565. The lowest BCUT2D eigenvalue weighted by Crippen LogP contribution is -2.14. The van der Waals surface area contributed by atoms with E-state index in [9.17, 15) is 9.59 Å². The highest BCUT2D eigenvalue weighted by Gasteiger charge is 2.11. The van der Waals surface area contributed by atoms with Gasteiger partial charge in [0, 0.05) is 30.1 Å². The van der Waals surface area contributed by atoms with Crippen LogP contribution in [-0.2, 0) is 11.2 Å². The Morgan fingerprint density at radius 3 is 2.31 bits per heavy atom. The summed E-state index contributed by atoms with van der Waals surface area (Å²) in [6, 6.07) is 14.6. The molecule has 3 rings (SSSR count). The van der Waals surface area contributed by atoms with Crippen LogP contribution in [0.15, 0.2) is 54.9 Å². The Labute approximate surface area is 169 Å². The first-order valence-electron chi connectivity index (χ1n) is 9.33. The Hall–Kier alpha value is -3.74. The van der Waals surface area contributed by atoms with Gasteiger partial charge in [0.1, 0.15) is 17.8 Å². The molecule has 0 aliphatic heterocycles. The second kappa shape index (κ2) is 8.97. The van der Waals surface area contributed by atoms with Gasteiger partial charge in [-0.3, -0.25) is 9.59 Å². The maximum atomic E-state index is 12.6. The van der Waals surface area contributed by atoms with E-state index in [1.165, 1.54) is 18.8 Å². The van der Waals surface area contributed by atoms with Gasteiger partial charge in [-0.05, 0) is 48.7 Å². The van der Waals surface area contributed by atoms with Crippen LogP contribution in [0.1, 0.15) is 35.5 Å². The third kappa shape index (κ3) is 5.16. The van der Waals surface area contributed by atoms with Crippen LogP contribution in [-0.4, -0.2) is 21.8 Å². The van der Waals surface area contributed by atoms with Crippen LogP contribution in [0.4, 0.5) is 22.9 Å². The quantitative estimate of drug-likeness (QED) is 0.584. The number of nitrogens with zero attached hydrogens (tertiary/aromatic N) is 2. The molecule has 7 heteroatoms. The summed E-state index contributed by atoms with van der Waals surface area (Å²) < 4.78 is 0. The van der Waals surface area contributed by atoms with Crippen LogP contribution in [0.3, 0.4) is 0 Å². The standard InChI is InChI=1S/C22H23N5O2/c1-4-16-7-5-6-14(2)21(16)27-20-12-19(23-13-24-20)22(29)26-18-10-8-17(9-11-18)25-15(3)28/h5-13H,4H2,1-3H3,(H,25,28)(H,26,29)(H,23,24,27). The number of amides is 2. The van der Waals surface area contributed by atoms with E-state index < -0.39 is 0 Å². The average Bonchev–Trinajstić information content (AvgIpc) is 2.71. The summed E-state index contributed by atoms with van der Waals surface area (Å²) in [6.45, 7) is 5.56. The van der Waals surface area contributed by atoms with Gasteiger partial charge in [0.25, 0.3) is 5.91 Å². The zero-order valence-corrected chi connectivity index (χ0v) is 16.6. The van der Waals surface area contributed by atoms with Crippen molar-refractivity contribution in [3.63, 3.8) is 0 Å². The molecule has 0 aliphatic rings. The van der Waals surface area contributed by atoms with E-state index in [4.69, 9.17) is 0 Å². The van der Waals surface area contributed by atoms with Crippen molar-refractivity contribution in [3.05, 3.63) is 71.7 Å². The second-order valence-corrected chi connectivity index (χ2v) is 6.59. The molecular weight excluding hydrogens is 366 g/mol. The van der Waals surface area contributed by atoms with Crippen molar-refractivity contribution in [3.8, 4) is 0 Å². The van der Waals surface area contributed by atoms with Gasteiger partial charge in [0.05, 0.1) is 0 Å². The summed E-state index contributed by atoms with van der Waals surface area (Å²) in [7, 11) is 0. The number of hydrogen-bond donors (Lipinski definition) is 3. The van der Waals surface area contributed by atoms with Crippen LogP contribution in [0.25, 0.3) is 0 Å². The molecule has 0 saturated carbocycles. The van der Waals surface area contributed by atoms with Gasteiger partial charge in [-0.1, -0.05) is 25.1 Å². The first-order chi connectivity index (χ1) is 14.0. The normalized spacial score (nSPS) is 10.3. The number of carbonyl (C=O) groups is 2. The zero-order valence-electron chi connectivity index (χ0n) is 16.6. The van der Waals surface area contributed by atoms with Crippen LogP contribution in [0, 0.1) is 6.92 Å². The van der Waals surface area contributed by atoms with Gasteiger partial charge in [-0.2, -0.15) is 0 Å². The highest BCUT2D eigenvalue weighted by atomic mass is 16.2. The SMILES string of the molecule is CCc1cccc(C)c1Nc1cc(C(=O)Nc2ccc(NC(C)=O)cc2)ncn1. The lowest BCUT2D eigenvalue weighted by atomic mass is 10.1. The third-order valence-electron chi connectivity index (χ3n) is 4.36. The van der Waals surface area contributed by atoms with Gasteiger partial charge < -0.3 is 16.0 Å². The average molecular weight is 389 g/mol. The number of aromatic nitrogens is 2. The Balaban J connectivity index is 1.74. The molecule has 0 bridgehead atoms. The van der Waals surface area contributed by atoms with Crippen LogP contribution in [0.2, 0.25) is 0 Å². The molecule has 0 unspecified atom stereocenters. The summed E-state index contributed by atoms with van der Waals surface area (Å²) >= 11 is 0. The second-order valence-electron chi connectivity index (χ2n) is 6.59. The van der Waals surface area contributed by atoms with E-state index in [0.29, 0.717) is 17.2 Å². The highest BCUT2D eigenvalue weighted by Crippen LogP contribution is 2.24. The van der Waals surface area contributed by atoms with Crippen molar-refractivity contribution >= 4 is 34.7 Å². The van der Waals surface area contributed by atoms with E-state index in [1.807, 2.05) is 19.1 Å². The molecule has 0 fully saturated rings. The fourth-order valence-electron chi connectivity index (χ4n) is 2.92. The van der Waals surface area contributed by atoms with Gasteiger partial charge in [0.15, 0.2) is 0 Å². The molecular formula is C22H23N5O2. The lowest BCUT2D eigenvalue weighted by molar-refractivity contribution is -0.114. The molecule has 2 amide bonds. The smallest absolute Gasteiger partial charge is 0.274 e. The van der Waals surface area contributed by atoms with Gasteiger partial charge >= 0.3 is 0 Å². The number of para-hydroxylation sites is 1. The molecule has 0 aliphatic carbocycles. The Morgan fingerprint density at radius 2 is 1.66 bits per heavy atom. The molecule has 1 aromatic heterocycles.